The van der Waals surface area contributed by atoms with E-state index < -0.39 is 5.97 Å². The minimum Gasteiger partial charge on any atom is -0.458 e. The molecule has 2 aromatic rings. The largest absolute Gasteiger partial charge is 0.458 e. The van der Waals surface area contributed by atoms with Gasteiger partial charge in [0.15, 0.2) is 5.69 Å². The standard InChI is InChI=1S/C12H12N2O4/c1-8-10(12(16)17-7-6-15)14-11(18-8)9-4-2-3-5-13-9/h2-5,15H,6-7H2,1H3. The molecule has 0 aliphatic carbocycles. The molecule has 0 fully saturated rings. The molecule has 6 nitrogen and oxygen atoms in total. The van der Waals surface area contributed by atoms with Crippen molar-refractivity contribution in [1.82, 2.24) is 9.97 Å². The number of ether oxygens (including phenoxy) is 1. The fourth-order valence-electron chi connectivity index (χ4n) is 1.39. The number of hydrogen-bond acceptors (Lipinski definition) is 6. The third kappa shape index (κ3) is 2.54. The Kier molecular flexibility index (Phi) is 3.69. The van der Waals surface area contributed by atoms with Crippen molar-refractivity contribution in [3.63, 3.8) is 0 Å². The monoisotopic (exact) mass is 248 g/mol. The van der Waals surface area contributed by atoms with Crippen LogP contribution < -0.4 is 0 Å². The van der Waals surface area contributed by atoms with E-state index in [0.717, 1.165) is 0 Å². The zero-order valence-corrected chi connectivity index (χ0v) is 9.79. The average molecular weight is 248 g/mol. The molecule has 0 bridgehead atoms. The van der Waals surface area contributed by atoms with E-state index in [0.29, 0.717) is 11.5 Å². The third-order valence-electron chi connectivity index (χ3n) is 2.20. The Hall–Kier alpha value is -2.21. The van der Waals surface area contributed by atoms with Gasteiger partial charge in [0.05, 0.1) is 6.61 Å². The molecule has 0 spiro atoms. The van der Waals surface area contributed by atoms with Crippen LogP contribution in [0.1, 0.15) is 16.2 Å². The zero-order chi connectivity index (χ0) is 13.0. The van der Waals surface area contributed by atoms with E-state index in [1.54, 1.807) is 31.3 Å². The van der Waals surface area contributed by atoms with E-state index >= 15 is 0 Å². The molecule has 18 heavy (non-hydrogen) atoms. The molecule has 0 saturated heterocycles. The molecule has 0 aromatic carbocycles. The number of rotatable bonds is 4. The van der Waals surface area contributed by atoms with Gasteiger partial charge in [-0.25, -0.2) is 9.78 Å². The van der Waals surface area contributed by atoms with E-state index in [-0.39, 0.29) is 24.8 Å². The lowest BCUT2D eigenvalue weighted by molar-refractivity contribution is 0.0426. The fraction of sp³-hybridized carbons (Fsp3) is 0.250. The van der Waals surface area contributed by atoms with Crippen molar-refractivity contribution < 1.29 is 19.1 Å². The summed E-state index contributed by atoms with van der Waals surface area (Å²) in [5.74, 6) is 0.00937. The van der Waals surface area contributed by atoms with Gasteiger partial charge in [0.1, 0.15) is 18.1 Å². The number of carbonyl (C=O) groups excluding carboxylic acids is 1. The second-order valence-electron chi connectivity index (χ2n) is 3.50. The first kappa shape index (κ1) is 12.3. The first-order valence-corrected chi connectivity index (χ1v) is 5.39. The van der Waals surface area contributed by atoms with Gasteiger partial charge in [-0.1, -0.05) is 6.07 Å². The lowest BCUT2D eigenvalue weighted by Crippen LogP contribution is -2.10. The Morgan fingerprint density at radius 3 is 3.00 bits per heavy atom. The highest BCUT2D eigenvalue weighted by Crippen LogP contribution is 2.19. The van der Waals surface area contributed by atoms with Crippen LogP contribution in [0.5, 0.6) is 0 Å². The molecule has 0 atom stereocenters. The summed E-state index contributed by atoms with van der Waals surface area (Å²) >= 11 is 0. The Morgan fingerprint density at radius 2 is 2.33 bits per heavy atom. The van der Waals surface area contributed by atoms with Gasteiger partial charge in [0.2, 0.25) is 5.89 Å². The molecule has 0 saturated carbocycles. The predicted molar refractivity (Wildman–Crippen MR) is 61.8 cm³/mol. The number of hydrogen-bond donors (Lipinski definition) is 1. The Bertz CT molecular complexity index is 536. The summed E-state index contributed by atoms with van der Waals surface area (Å²) in [6, 6.07) is 5.30. The van der Waals surface area contributed by atoms with Crippen LogP contribution >= 0.6 is 0 Å². The average Bonchev–Trinajstić information content (AvgIpc) is 2.79. The first-order chi connectivity index (χ1) is 8.72. The van der Waals surface area contributed by atoms with Crippen LogP contribution in [0, 0.1) is 6.92 Å². The van der Waals surface area contributed by atoms with Crippen LogP contribution in [-0.2, 0) is 4.74 Å². The molecule has 94 valence electrons. The maximum atomic E-state index is 11.6. The van der Waals surface area contributed by atoms with Gasteiger partial charge in [-0.05, 0) is 19.1 Å². The maximum absolute atomic E-state index is 11.6. The second kappa shape index (κ2) is 5.42. The summed E-state index contributed by atoms with van der Waals surface area (Å²) in [6.45, 7) is 1.33. The molecule has 6 heteroatoms. The second-order valence-corrected chi connectivity index (χ2v) is 3.50. The number of aromatic nitrogens is 2. The highest BCUT2D eigenvalue weighted by Gasteiger charge is 2.19. The van der Waals surface area contributed by atoms with E-state index in [9.17, 15) is 4.79 Å². The summed E-state index contributed by atoms with van der Waals surface area (Å²) in [7, 11) is 0. The van der Waals surface area contributed by atoms with Crippen molar-refractivity contribution in [3.05, 3.63) is 35.9 Å². The molecule has 0 aliphatic rings. The molecular weight excluding hydrogens is 236 g/mol. The number of oxazole rings is 1. The molecule has 0 aliphatic heterocycles. The van der Waals surface area contributed by atoms with Crippen LogP contribution in [0.3, 0.4) is 0 Å². The maximum Gasteiger partial charge on any atom is 0.360 e. The van der Waals surface area contributed by atoms with Crippen LogP contribution in [0.15, 0.2) is 28.8 Å². The van der Waals surface area contributed by atoms with E-state index in [1.807, 2.05) is 0 Å². The molecule has 0 unspecified atom stereocenters. The lowest BCUT2D eigenvalue weighted by atomic mass is 10.3. The highest BCUT2D eigenvalue weighted by molar-refractivity contribution is 5.88. The molecule has 2 rings (SSSR count). The zero-order valence-electron chi connectivity index (χ0n) is 9.79. The Labute approximate surface area is 103 Å². The van der Waals surface area contributed by atoms with Gasteiger partial charge < -0.3 is 14.3 Å². The summed E-state index contributed by atoms with van der Waals surface area (Å²) in [6.07, 6.45) is 1.61. The predicted octanol–water partition coefficient (Wildman–Crippen LogP) is 1.19. The number of aliphatic hydroxyl groups is 1. The Morgan fingerprint density at radius 1 is 1.50 bits per heavy atom. The minimum absolute atomic E-state index is 0.0654. The van der Waals surface area contributed by atoms with Gasteiger partial charge >= 0.3 is 5.97 Å². The van der Waals surface area contributed by atoms with Gasteiger partial charge in [0.25, 0.3) is 0 Å². The summed E-state index contributed by atoms with van der Waals surface area (Å²) in [4.78, 5) is 19.7. The van der Waals surface area contributed by atoms with Crippen molar-refractivity contribution in [3.8, 4) is 11.6 Å². The number of aryl methyl sites for hydroxylation is 1. The van der Waals surface area contributed by atoms with E-state index in [4.69, 9.17) is 14.3 Å². The summed E-state index contributed by atoms with van der Waals surface area (Å²) in [5.41, 5.74) is 0.644. The number of nitrogens with zero attached hydrogens (tertiary/aromatic N) is 2. The Balaban J connectivity index is 2.25. The SMILES string of the molecule is Cc1oc(-c2ccccn2)nc1C(=O)OCCO. The topological polar surface area (TPSA) is 85.5 Å². The first-order valence-electron chi connectivity index (χ1n) is 5.39. The molecular formula is C12H12N2O4. The third-order valence-corrected chi connectivity index (χ3v) is 2.20. The molecule has 0 amide bonds. The molecule has 2 heterocycles. The lowest BCUT2D eigenvalue weighted by Gasteiger charge is -1.98. The van der Waals surface area contributed by atoms with Crippen molar-refractivity contribution in [2.75, 3.05) is 13.2 Å². The van der Waals surface area contributed by atoms with Crippen LogP contribution in [0.2, 0.25) is 0 Å². The normalized spacial score (nSPS) is 10.3. The summed E-state index contributed by atoms with van der Waals surface area (Å²) in [5, 5.41) is 8.58. The van der Waals surface area contributed by atoms with E-state index in [2.05, 4.69) is 9.97 Å². The number of pyridine rings is 1. The van der Waals surface area contributed by atoms with Crippen LogP contribution in [0.25, 0.3) is 11.6 Å². The van der Waals surface area contributed by atoms with Gasteiger partial charge in [-0.15, -0.1) is 0 Å². The smallest absolute Gasteiger partial charge is 0.360 e. The van der Waals surface area contributed by atoms with Gasteiger partial charge in [0, 0.05) is 6.20 Å². The number of carbonyl (C=O) groups is 1. The number of aliphatic hydroxyl groups excluding tert-OH is 1. The van der Waals surface area contributed by atoms with E-state index in [1.165, 1.54) is 0 Å². The van der Waals surface area contributed by atoms with Crippen molar-refractivity contribution >= 4 is 5.97 Å². The quantitative estimate of drug-likeness (QED) is 0.818. The van der Waals surface area contributed by atoms with Gasteiger partial charge in [-0.3, -0.25) is 4.98 Å². The van der Waals surface area contributed by atoms with Gasteiger partial charge in [-0.2, -0.15) is 0 Å². The highest BCUT2D eigenvalue weighted by atomic mass is 16.5. The van der Waals surface area contributed by atoms with Crippen LogP contribution in [0.4, 0.5) is 0 Å². The van der Waals surface area contributed by atoms with Crippen molar-refractivity contribution in [2.45, 2.75) is 6.92 Å². The molecule has 0 radical (unpaired) electrons. The van der Waals surface area contributed by atoms with Crippen molar-refractivity contribution in [2.24, 2.45) is 0 Å². The van der Waals surface area contributed by atoms with Crippen molar-refractivity contribution in [1.29, 1.82) is 0 Å². The minimum atomic E-state index is -0.618. The summed E-state index contributed by atoms with van der Waals surface area (Å²) < 4.78 is 10.1. The fourth-order valence-corrected chi connectivity index (χ4v) is 1.39. The molecule has 1 N–H and O–H groups in total. The molecule has 2 aromatic heterocycles. The van der Waals surface area contributed by atoms with Crippen LogP contribution in [-0.4, -0.2) is 34.3 Å². The number of esters is 1.